The minimum Gasteiger partial charge on any atom is -0.466 e. The van der Waals surface area contributed by atoms with E-state index >= 15 is 0 Å². The molecule has 0 bridgehead atoms. The van der Waals surface area contributed by atoms with Crippen LogP contribution in [0.5, 0.6) is 0 Å². The van der Waals surface area contributed by atoms with E-state index < -0.39 is 0 Å². The first-order valence-electron chi connectivity index (χ1n) is 5.59. The Labute approximate surface area is 96.1 Å². The molecular formula is C11H20O5. The third-order valence-electron chi connectivity index (χ3n) is 1.70. The van der Waals surface area contributed by atoms with E-state index in [9.17, 15) is 9.59 Å². The van der Waals surface area contributed by atoms with Gasteiger partial charge < -0.3 is 14.2 Å². The standard InChI is InChI=1S/C11H20O5/c1-3-5-10(12)16-9-8-14-7-6-11(13)15-4-2/h3-9H2,1-2H3. The van der Waals surface area contributed by atoms with Crippen LogP contribution >= 0.6 is 0 Å². The fraction of sp³-hybridized carbons (Fsp3) is 0.818. The number of hydrogen-bond donors (Lipinski definition) is 0. The number of carbonyl (C=O) groups is 2. The van der Waals surface area contributed by atoms with Crippen LogP contribution in [0.3, 0.4) is 0 Å². The zero-order valence-electron chi connectivity index (χ0n) is 9.99. The number of esters is 2. The Balaban J connectivity index is 3.21. The highest BCUT2D eigenvalue weighted by Crippen LogP contribution is 1.92. The lowest BCUT2D eigenvalue weighted by Gasteiger charge is -2.05. The molecule has 5 nitrogen and oxygen atoms in total. The molecule has 0 radical (unpaired) electrons. The molecule has 0 rings (SSSR count). The minimum atomic E-state index is -0.273. The molecule has 0 aromatic carbocycles. The van der Waals surface area contributed by atoms with Crippen LogP contribution in [0, 0.1) is 0 Å². The summed E-state index contributed by atoms with van der Waals surface area (Å²) in [5, 5.41) is 0. The molecule has 0 fully saturated rings. The molecule has 0 N–H and O–H groups in total. The van der Waals surface area contributed by atoms with Crippen molar-refractivity contribution in [3.63, 3.8) is 0 Å². The summed E-state index contributed by atoms with van der Waals surface area (Å²) in [7, 11) is 0. The fourth-order valence-electron chi connectivity index (χ4n) is 0.981. The molecule has 0 aliphatic carbocycles. The molecule has 0 aromatic heterocycles. The van der Waals surface area contributed by atoms with Crippen LogP contribution in [0.2, 0.25) is 0 Å². The summed E-state index contributed by atoms with van der Waals surface area (Å²) in [6.07, 6.45) is 1.45. The number of hydrogen-bond acceptors (Lipinski definition) is 5. The number of carbonyl (C=O) groups excluding carboxylic acids is 2. The molecule has 5 heteroatoms. The molecule has 0 aromatic rings. The van der Waals surface area contributed by atoms with Crippen molar-refractivity contribution in [3.05, 3.63) is 0 Å². The first-order valence-corrected chi connectivity index (χ1v) is 5.59. The minimum absolute atomic E-state index is 0.212. The maximum Gasteiger partial charge on any atom is 0.308 e. The summed E-state index contributed by atoms with van der Waals surface area (Å²) in [6, 6.07) is 0. The van der Waals surface area contributed by atoms with E-state index in [-0.39, 0.29) is 25.0 Å². The summed E-state index contributed by atoms with van der Waals surface area (Å²) in [5.41, 5.74) is 0. The maximum atomic E-state index is 10.9. The molecule has 0 saturated carbocycles. The predicted molar refractivity (Wildman–Crippen MR) is 57.9 cm³/mol. The largest absolute Gasteiger partial charge is 0.466 e. The highest BCUT2D eigenvalue weighted by molar-refractivity contribution is 5.69. The summed E-state index contributed by atoms with van der Waals surface area (Å²) < 4.78 is 14.7. The van der Waals surface area contributed by atoms with Crippen molar-refractivity contribution in [1.82, 2.24) is 0 Å². The smallest absolute Gasteiger partial charge is 0.308 e. The van der Waals surface area contributed by atoms with Crippen molar-refractivity contribution in [2.75, 3.05) is 26.4 Å². The third kappa shape index (κ3) is 9.45. The van der Waals surface area contributed by atoms with Gasteiger partial charge in [0.1, 0.15) is 6.61 Å². The molecule has 16 heavy (non-hydrogen) atoms. The third-order valence-corrected chi connectivity index (χ3v) is 1.70. The van der Waals surface area contributed by atoms with Crippen molar-refractivity contribution < 1.29 is 23.8 Å². The van der Waals surface area contributed by atoms with Gasteiger partial charge in [-0.05, 0) is 13.3 Å². The van der Waals surface area contributed by atoms with Gasteiger partial charge in [0.15, 0.2) is 0 Å². The average molecular weight is 232 g/mol. The SMILES string of the molecule is CCCC(=O)OCCOCCC(=O)OCC. The summed E-state index contributed by atoms with van der Waals surface area (Å²) in [6.45, 7) is 4.90. The topological polar surface area (TPSA) is 61.8 Å². The normalized spacial score (nSPS) is 9.88. The molecule has 0 saturated heterocycles. The molecule has 0 atom stereocenters. The molecule has 0 unspecified atom stereocenters. The Kier molecular flexibility index (Phi) is 9.70. The van der Waals surface area contributed by atoms with Gasteiger partial charge in [-0.3, -0.25) is 9.59 Å². The van der Waals surface area contributed by atoms with E-state index in [1.165, 1.54) is 0 Å². The molecule has 0 aliphatic heterocycles. The highest BCUT2D eigenvalue weighted by atomic mass is 16.6. The van der Waals surface area contributed by atoms with Gasteiger partial charge in [0.05, 0.1) is 26.2 Å². The van der Waals surface area contributed by atoms with Crippen molar-refractivity contribution in [1.29, 1.82) is 0 Å². The van der Waals surface area contributed by atoms with Crippen molar-refractivity contribution in [2.24, 2.45) is 0 Å². The quantitative estimate of drug-likeness (QED) is 0.443. The molecule has 0 aliphatic rings. The van der Waals surface area contributed by atoms with E-state index in [0.29, 0.717) is 26.2 Å². The zero-order chi connectivity index (χ0) is 12.2. The highest BCUT2D eigenvalue weighted by Gasteiger charge is 2.02. The fourth-order valence-corrected chi connectivity index (χ4v) is 0.981. The second kappa shape index (κ2) is 10.4. The van der Waals surface area contributed by atoms with Crippen molar-refractivity contribution in [2.45, 2.75) is 33.1 Å². The Hall–Kier alpha value is -1.10. The van der Waals surface area contributed by atoms with E-state index in [1.54, 1.807) is 6.92 Å². The lowest BCUT2D eigenvalue weighted by Crippen LogP contribution is -2.13. The van der Waals surface area contributed by atoms with Crippen LogP contribution < -0.4 is 0 Å². The van der Waals surface area contributed by atoms with Crippen LogP contribution in [-0.2, 0) is 23.8 Å². The van der Waals surface area contributed by atoms with Crippen molar-refractivity contribution in [3.8, 4) is 0 Å². The van der Waals surface area contributed by atoms with Crippen LogP contribution in [-0.4, -0.2) is 38.4 Å². The summed E-state index contributed by atoms with van der Waals surface area (Å²) in [4.78, 5) is 21.8. The van der Waals surface area contributed by atoms with E-state index in [4.69, 9.17) is 14.2 Å². The second-order valence-electron chi connectivity index (χ2n) is 3.14. The first kappa shape index (κ1) is 14.9. The van der Waals surface area contributed by atoms with E-state index in [1.807, 2.05) is 6.92 Å². The Morgan fingerprint density at radius 1 is 0.875 bits per heavy atom. The molecule has 0 heterocycles. The van der Waals surface area contributed by atoms with Gasteiger partial charge in [0.2, 0.25) is 0 Å². The zero-order valence-corrected chi connectivity index (χ0v) is 9.99. The van der Waals surface area contributed by atoms with Gasteiger partial charge in [-0.25, -0.2) is 0 Å². The summed E-state index contributed by atoms with van der Waals surface area (Å²) in [5.74, 6) is -0.484. The Bertz CT molecular complexity index is 181. The van der Waals surface area contributed by atoms with Crippen LogP contribution in [0.4, 0.5) is 0 Å². The van der Waals surface area contributed by atoms with E-state index in [2.05, 4.69) is 0 Å². The lowest BCUT2D eigenvalue weighted by atomic mass is 10.3. The number of ether oxygens (including phenoxy) is 3. The molecule has 0 amide bonds. The molecular weight excluding hydrogens is 212 g/mol. The first-order chi connectivity index (χ1) is 7.70. The lowest BCUT2D eigenvalue weighted by molar-refractivity contribution is -0.147. The van der Waals surface area contributed by atoms with Gasteiger partial charge in [0, 0.05) is 6.42 Å². The Morgan fingerprint density at radius 3 is 2.19 bits per heavy atom. The van der Waals surface area contributed by atoms with Crippen molar-refractivity contribution >= 4 is 11.9 Å². The van der Waals surface area contributed by atoms with Gasteiger partial charge >= 0.3 is 11.9 Å². The predicted octanol–water partition coefficient (Wildman–Crippen LogP) is 1.30. The van der Waals surface area contributed by atoms with E-state index in [0.717, 1.165) is 6.42 Å². The van der Waals surface area contributed by atoms with Gasteiger partial charge in [-0.1, -0.05) is 6.92 Å². The maximum absolute atomic E-state index is 10.9. The number of rotatable bonds is 9. The van der Waals surface area contributed by atoms with Crippen LogP contribution in [0.15, 0.2) is 0 Å². The Morgan fingerprint density at radius 2 is 1.56 bits per heavy atom. The van der Waals surface area contributed by atoms with Crippen LogP contribution in [0.1, 0.15) is 33.1 Å². The monoisotopic (exact) mass is 232 g/mol. The average Bonchev–Trinajstić information content (AvgIpc) is 2.24. The van der Waals surface area contributed by atoms with Crippen LogP contribution in [0.25, 0.3) is 0 Å². The summed E-state index contributed by atoms with van der Waals surface area (Å²) >= 11 is 0. The van der Waals surface area contributed by atoms with Gasteiger partial charge in [-0.2, -0.15) is 0 Å². The second-order valence-corrected chi connectivity index (χ2v) is 3.14. The molecule has 94 valence electrons. The van der Waals surface area contributed by atoms with Gasteiger partial charge in [-0.15, -0.1) is 0 Å². The van der Waals surface area contributed by atoms with Gasteiger partial charge in [0.25, 0.3) is 0 Å². The molecule has 0 spiro atoms.